The molecule has 2 unspecified atom stereocenters. The van der Waals surface area contributed by atoms with Crippen molar-refractivity contribution in [1.29, 1.82) is 0 Å². The molecule has 0 aromatic heterocycles. The van der Waals surface area contributed by atoms with Gasteiger partial charge in [-0.15, -0.1) is 0 Å². The summed E-state index contributed by atoms with van der Waals surface area (Å²) in [6.07, 6.45) is 1.55. The molecule has 1 aromatic carbocycles. The number of para-hydroxylation sites is 1. The number of carbonyl (C=O) groups is 1. The van der Waals surface area contributed by atoms with Crippen molar-refractivity contribution in [2.75, 3.05) is 25.0 Å². The Bertz CT molecular complexity index is 447. The molecule has 1 aliphatic heterocycles. The van der Waals surface area contributed by atoms with Gasteiger partial charge in [0.2, 0.25) is 5.91 Å². The number of nitrogens with one attached hydrogen (secondary N) is 1. The minimum atomic E-state index is 0.0474. The van der Waals surface area contributed by atoms with E-state index in [1.54, 1.807) is 7.05 Å². The molecule has 104 valence electrons. The predicted molar refractivity (Wildman–Crippen MR) is 78.2 cm³/mol. The van der Waals surface area contributed by atoms with Crippen LogP contribution in [-0.2, 0) is 11.2 Å². The van der Waals surface area contributed by atoms with E-state index in [0.717, 1.165) is 13.0 Å². The molecule has 0 saturated carbocycles. The second-order valence-corrected chi connectivity index (χ2v) is 5.36. The van der Waals surface area contributed by atoms with Gasteiger partial charge in [0, 0.05) is 38.3 Å². The average Bonchev–Trinajstić information content (AvgIpc) is 2.43. The summed E-state index contributed by atoms with van der Waals surface area (Å²) in [5, 5.41) is 2.68. The maximum absolute atomic E-state index is 11.6. The number of carbonyl (C=O) groups excluding carboxylic acids is 1. The molecule has 0 spiro atoms. The highest BCUT2D eigenvalue weighted by atomic mass is 16.1. The number of benzene rings is 1. The summed E-state index contributed by atoms with van der Waals surface area (Å²) in [4.78, 5) is 13.9. The van der Waals surface area contributed by atoms with Crippen molar-refractivity contribution in [3.05, 3.63) is 29.8 Å². The molecule has 0 radical (unpaired) electrons. The third-order valence-corrected chi connectivity index (χ3v) is 3.79. The highest BCUT2D eigenvalue weighted by Crippen LogP contribution is 2.31. The van der Waals surface area contributed by atoms with Crippen molar-refractivity contribution >= 4 is 11.6 Å². The Balaban J connectivity index is 2.25. The maximum atomic E-state index is 11.6. The van der Waals surface area contributed by atoms with Gasteiger partial charge in [0.25, 0.3) is 0 Å². The lowest BCUT2D eigenvalue weighted by Crippen LogP contribution is -2.47. The smallest absolute Gasteiger partial charge is 0.221 e. The Kier molecular flexibility index (Phi) is 4.43. The van der Waals surface area contributed by atoms with Crippen molar-refractivity contribution in [2.24, 2.45) is 11.7 Å². The van der Waals surface area contributed by atoms with E-state index in [1.165, 1.54) is 11.3 Å². The van der Waals surface area contributed by atoms with Crippen LogP contribution in [0.15, 0.2) is 24.3 Å². The van der Waals surface area contributed by atoms with Crippen LogP contribution in [0.1, 0.15) is 18.9 Å². The van der Waals surface area contributed by atoms with Crippen LogP contribution in [0.5, 0.6) is 0 Å². The van der Waals surface area contributed by atoms with Crippen molar-refractivity contribution < 1.29 is 4.79 Å². The Labute approximate surface area is 115 Å². The van der Waals surface area contributed by atoms with E-state index in [0.29, 0.717) is 18.9 Å². The van der Waals surface area contributed by atoms with E-state index in [-0.39, 0.29) is 11.9 Å². The van der Waals surface area contributed by atoms with Gasteiger partial charge >= 0.3 is 0 Å². The van der Waals surface area contributed by atoms with Crippen LogP contribution in [0, 0.1) is 5.92 Å². The van der Waals surface area contributed by atoms with Gasteiger partial charge in [0.1, 0.15) is 0 Å². The van der Waals surface area contributed by atoms with E-state index in [4.69, 9.17) is 5.73 Å². The van der Waals surface area contributed by atoms with Gasteiger partial charge in [-0.2, -0.15) is 0 Å². The van der Waals surface area contributed by atoms with Gasteiger partial charge in [-0.1, -0.05) is 25.1 Å². The minimum absolute atomic E-state index is 0.0474. The number of fused-ring (bicyclic) bond motifs is 1. The molecule has 4 nitrogen and oxygen atoms in total. The molecule has 19 heavy (non-hydrogen) atoms. The highest BCUT2D eigenvalue weighted by Gasteiger charge is 2.27. The molecule has 1 amide bonds. The van der Waals surface area contributed by atoms with E-state index in [9.17, 15) is 4.79 Å². The lowest BCUT2D eigenvalue weighted by atomic mass is 9.92. The summed E-state index contributed by atoms with van der Waals surface area (Å²) in [6.45, 7) is 3.71. The zero-order valence-corrected chi connectivity index (χ0v) is 11.7. The van der Waals surface area contributed by atoms with Crippen molar-refractivity contribution in [3.63, 3.8) is 0 Å². The van der Waals surface area contributed by atoms with Gasteiger partial charge in [0.15, 0.2) is 0 Å². The normalized spacial score (nSPS) is 19.7. The maximum Gasteiger partial charge on any atom is 0.221 e. The lowest BCUT2D eigenvalue weighted by Gasteiger charge is -2.40. The molecule has 0 bridgehead atoms. The number of anilines is 1. The van der Waals surface area contributed by atoms with Crippen LogP contribution >= 0.6 is 0 Å². The fourth-order valence-electron chi connectivity index (χ4n) is 2.82. The first kappa shape index (κ1) is 13.9. The molecule has 4 heteroatoms. The average molecular weight is 261 g/mol. The molecule has 1 aromatic rings. The molecule has 3 N–H and O–H groups in total. The van der Waals surface area contributed by atoms with Crippen LogP contribution in [0.2, 0.25) is 0 Å². The van der Waals surface area contributed by atoms with E-state index in [1.807, 2.05) is 0 Å². The fourth-order valence-corrected chi connectivity index (χ4v) is 2.82. The quantitative estimate of drug-likeness (QED) is 0.855. The molecule has 0 fully saturated rings. The Morgan fingerprint density at radius 2 is 2.26 bits per heavy atom. The summed E-state index contributed by atoms with van der Waals surface area (Å²) >= 11 is 0. The molecule has 2 rings (SSSR count). The monoisotopic (exact) mass is 261 g/mol. The van der Waals surface area contributed by atoms with Crippen LogP contribution in [-0.4, -0.2) is 32.1 Å². The summed E-state index contributed by atoms with van der Waals surface area (Å²) in [5.74, 6) is 0.639. The number of nitrogens with two attached hydrogens (primary N) is 1. The van der Waals surface area contributed by atoms with Crippen molar-refractivity contribution in [2.45, 2.75) is 25.8 Å². The SMILES string of the molecule is CNC(=O)CC(CN)N1CC(C)Cc2ccccc21. The first-order chi connectivity index (χ1) is 9.15. The van der Waals surface area contributed by atoms with Gasteiger partial charge in [0.05, 0.1) is 0 Å². The number of hydrogen-bond donors (Lipinski definition) is 2. The summed E-state index contributed by atoms with van der Waals surface area (Å²) < 4.78 is 0. The van der Waals surface area contributed by atoms with E-state index in [2.05, 4.69) is 41.4 Å². The number of amides is 1. The first-order valence-electron chi connectivity index (χ1n) is 6.91. The largest absolute Gasteiger partial charge is 0.366 e. The summed E-state index contributed by atoms with van der Waals surface area (Å²) in [7, 11) is 1.67. The molecular weight excluding hydrogens is 238 g/mol. The van der Waals surface area contributed by atoms with Crippen LogP contribution in [0.25, 0.3) is 0 Å². The Morgan fingerprint density at radius 1 is 1.53 bits per heavy atom. The second-order valence-electron chi connectivity index (χ2n) is 5.36. The molecule has 1 heterocycles. The Morgan fingerprint density at radius 3 is 2.95 bits per heavy atom. The zero-order chi connectivity index (χ0) is 13.8. The number of nitrogens with zero attached hydrogens (tertiary/aromatic N) is 1. The predicted octanol–water partition coefficient (Wildman–Crippen LogP) is 1.15. The highest BCUT2D eigenvalue weighted by molar-refractivity contribution is 5.77. The fraction of sp³-hybridized carbons (Fsp3) is 0.533. The molecular formula is C15H23N3O. The van der Waals surface area contributed by atoms with Crippen LogP contribution < -0.4 is 16.0 Å². The molecule has 2 atom stereocenters. The summed E-state index contributed by atoms with van der Waals surface area (Å²) in [5.41, 5.74) is 8.48. The van der Waals surface area contributed by atoms with Crippen molar-refractivity contribution in [1.82, 2.24) is 5.32 Å². The third kappa shape index (κ3) is 3.07. The third-order valence-electron chi connectivity index (χ3n) is 3.79. The minimum Gasteiger partial charge on any atom is -0.366 e. The van der Waals surface area contributed by atoms with Gasteiger partial charge in [-0.05, 0) is 24.0 Å². The zero-order valence-electron chi connectivity index (χ0n) is 11.7. The van der Waals surface area contributed by atoms with Crippen LogP contribution in [0.4, 0.5) is 5.69 Å². The lowest BCUT2D eigenvalue weighted by molar-refractivity contribution is -0.120. The summed E-state index contributed by atoms with van der Waals surface area (Å²) in [6, 6.07) is 8.50. The van der Waals surface area contributed by atoms with E-state index < -0.39 is 0 Å². The standard InChI is InChI=1S/C15H23N3O/c1-11-7-12-5-3-4-6-14(12)18(10-11)13(9-16)8-15(19)17-2/h3-6,11,13H,7-10,16H2,1-2H3,(H,17,19). The van der Waals surface area contributed by atoms with Gasteiger partial charge < -0.3 is 16.0 Å². The topological polar surface area (TPSA) is 58.4 Å². The molecule has 0 saturated heterocycles. The Hall–Kier alpha value is -1.55. The van der Waals surface area contributed by atoms with Crippen molar-refractivity contribution in [3.8, 4) is 0 Å². The molecule has 0 aliphatic carbocycles. The van der Waals surface area contributed by atoms with Crippen LogP contribution in [0.3, 0.4) is 0 Å². The number of rotatable bonds is 4. The van der Waals surface area contributed by atoms with E-state index >= 15 is 0 Å². The second kappa shape index (κ2) is 6.06. The molecule has 1 aliphatic rings. The first-order valence-corrected chi connectivity index (χ1v) is 6.91. The van der Waals surface area contributed by atoms with Gasteiger partial charge in [-0.3, -0.25) is 4.79 Å². The number of hydrogen-bond acceptors (Lipinski definition) is 3. The van der Waals surface area contributed by atoms with Gasteiger partial charge in [-0.25, -0.2) is 0 Å².